The highest BCUT2D eigenvalue weighted by atomic mass is 128. The Kier molecular flexibility index (Phi) is 25.8. The van der Waals surface area contributed by atoms with Gasteiger partial charge in [0.2, 0.25) is 11.8 Å². The van der Waals surface area contributed by atoms with E-state index in [1.807, 2.05) is 60.7 Å². The molecule has 13 heteroatoms. The fraction of sp³-hybridized carbons (Fsp3) is 0.515. The summed E-state index contributed by atoms with van der Waals surface area (Å²) < 4.78 is 15.4. The van der Waals surface area contributed by atoms with Crippen LogP contribution in [0, 0.1) is 11.8 Å². The summed E-state index contributed by atoms with van der Waals surface area (Å²) in [5.41, 5.74) is 0.802. The molecule has 0 fully saturated rings. The van der Waals surface area contributed by atoms with E-state index in [4.69, 9.17) is 14.2 Å². The molecule has 2 rings (SSSR count). The zero-order chi connectivity index (χ0) is 34.5. The lowest BCUT2D eigenvalue weighted by Gasteiger charge is -2.21. The van der Waals surface area contributed by atoms with E-state index in [1.54, 1.807) is 41.5 Å². The van der Waals surface area contributed by atoms with Crippen LogP contribution >= 0.6 is 61.2 Å². The van der Waals surface area contributed by atoms with Crippen LogP contribution in [0.25, 0.3) is 0 Å². The van der Waals surface area contributed by atoms with Crippen LogP contribution in [-0.4, -0.2) is 60.4 Å². The van der Waals surface area contributed by atoms with Crippen LogP contribution in [0.1, 0.15) is 65.5 Å². The van der Waals surface area contributed by atoms with Crippen LogP contribution in [0.4, 0.5) is 0 Å². The van der Waals surface area contributed by atoms with Gasteiger partial charge in [-0.05, 0) is 52.7 Å². The van der Waals surface area contributed by atoms with Crippen molar-refractivity contribution in [3.8, 4) is 0 Å². The minimum Gasteiger partial charge on any atom is -0.460 e. The summed E-state index contributed by atoms with van der Waals surface area (Å²) in [4.78, 5) is 47.7. The normalized spacial score (nSPS) is 11.9. The molecule has 2 aromatic rings. The predicted octanol–water partition coefficient (Wildman–Crippen LogP) is 6.33. The van der Waals surface area contributed by atoms with Gasteiger partial charge in [-0.25, -0.2) is 0 Å². The highest BCUT2D eigenvalue weighted by molar-refractivity contribution is 15.0. The van der Waals surface area contributed by atoms with Gasteiger partial charge in [0, 0.05) is 57.4 Å². The second-order valence-electron chi connectivity index (χ2n) is 12.0. The lowest BCUT2D eigenvalue weighted by Crippen LogP contribution is -2.35. The molecule has 2 atom stereocenters. The summed E-state index contributed by atoms with van der Waals surface area (Å²) in [6.07, 6.45) is -0.125. The number of halogens is 3. The third kappa shape index (κ3) is 23.7. The second-order valence-corrected chi connectivity index (χ2v) is 12.0. The number of aliphatic hydroxyl groups is 1. The maximum atomic E-state index is 12.2. The number of carbonyl (C=O) groups excluding carboxylic acids is 4. The van der Waals surface area contributed by atoms with Gasteiger partial charge in [0.25, 0.3) is 0 Å². The maximum Gasteiger partial charge on any atom is 0.307 e. The monoisotopic (exact) mass is 982 g/mol. The van der Waals surface area contributed by atoms with Crippen molar-refractivity contribution < 1.29 is 38.5 Å². The Morgan fingerprint density at radius 3 is 1.37 bits per heavy atom. The molecule has 0 radical (unpaired) electrons. The number of amides is 2. The average molecular weight is 982 g/mol. The number of benzene rings is 2. The first-order valence-electron chi connectivity index (χ1n) is 14.4. The molecule has 0 spiro atoms. The van der Waals surface area contributed by atoms with Gasteiger partial charge in [-0.1, -0.05) is 60.7 Å². The molecule has 46 heavy (non-hydrogen) atoms. The molecule has 0 heterocycles. The number of hydrogen-bond donors (Lipinski definition) is 3. The van der Waals surface area contributed by atoms with E-state index >= 15 is 0 Å². The quantitative estimate of drug-likeness (QED) is 0.157. The van der Waals surface area contributed by atoms with Gasteiger partial charge in [-0.2, -0.15) is 0 Å². The Balaban J connectivity index is 0. The molecule has 2 aromatic carbocycles. The van der Waals surface area contributed by atoms with Gasteiger partial charge in [0.05, 0.1) is 37.9 Å². The third-order valence-corrected chi connectivity index (χ3v) is 5.62. The molecule has 0 saturated carbocycles. The number of aliphatic hydroxyl groups excluding tert-OH is 1. The SMILES string of the molecule is CC(C)(C)OC(=O)C[C@H](CO)C(=O)NCc1ccccc1.COC[C@@H](CC(=O)OC(C)(C)C)C(=O)NCc1ccccc1.I.II. The Hall–Kier alpha value is -1.57. The van der Waals surface area contributed by atoms with E-state index < -0.39 is 35.0 Å². The molecular weight excluding hydrogens is 933 g/mol. The van der Waals surface area contributed by atoms with Crippen molar-refractivity contribution in [1.29, 1.82) is 0 Å². The molecule has 2 amide bonds. The topological polar surface area (TPSA) is 140 Å². The minimum absolute atomic E-state index is 0. The van der Waals surface area contributed by atoms with Crippen molar-refractivity contribution in [2.24, 2.45) is 11.8 Å². The van der Waals surface area contributed by atoms with Crippen LogP contribution in [0.3, 0.4) is 0 Å². The smallest absolute Gasteiger partial charge is 0.307 e. The fourth-order valence-electron chi connectivity index (χ4n) is 3.70. The molecule has 0 aromatic heterocycles. The van der Waals surface area contributed by atoms with Gasteiger partial charge in [-0.3, -0.25) is 19.2 Å². The van der Waals surface area contributed by atoms with E-state index in [2.05, 4.69) is 47.9 Å². The van der Waals surface area contributed by atoms with Crippen molar-refractivity contribution in [2.75, 3.05) is 20.3 Å². The Bertz CT molecular complexity index is 1140. The number of ether oxygens (including phenoxy) is 3. The number of nitrogens with one attached hydrogen (secondary N) is 2. The summed E-state index contributed by atoms with van der Waals surface area (Å²) in [5, 5.41) is 14.8. The van der Waals surface area contributed by atoms with Gasteiger partial charge in [-0.15, -0.1) is 24.0 Å². The molecule has 0 unspecified atom stereocenters. The average Bonchev–Trinajstić information content (AvgIpc) is 2.98. The Morgan fingerprint density at radius 2 is 1.04 bits per heavy atom. The number of methoxy groups -OCH3 is 1. The molecule has 0 aliphatic heterocycles. The van der Waals surface area contributed by atoms with Crippen molar-refractivity contribution in [2.45, 2.75) is 78.7 Å². The van der Waals surface area contributed by atoms with Crippen LogP contribution in [0.5, 0.6) is 0 Å². The first-order chi connectivity index (χ1) is 21.1. The van der Waals surface area contributed by atoms with E-state index in [9.17, 15) is 24.3 Å². The molecule has 0 aliphatic carbocycles. The first-order valence-corrected chi connectivity index (χ1v) is 20.7. The van der Waals surface area contributed by atoms with E-state index in [0.717, 1.165) is 11.1 Å². The summed E-state index contributed by atoms with van der Waals surface area (Å²) in [6.45, 7) is 11.2. The molecule has 0 saturated heterocycles. The lowest BCUT2D eigenvalue weighted by atomic mass is 10.1. The van der Waals surface area contributed by atoms with Gasteiger partial charge in [0.15, 0.2) is 0 Å². The van der Waals surface area contributed by atoms with Crippen LogP contribution in [-0.2, 0) is 46.5 Å². The number of hydrogen-bond acceptors (Lipinski definition) is 8. The van der Waals surface area contributed by atoms with Gasteiger partial charge in [0.1, 0.15) is 11.2 Å². The number of esters is 2. The summed E-state index contributed by atoms with van der Waals surface area (Å²) in [7, 11) is 1.51. The lowest BCUT2D eigenvalue weighted by molar-refractivity contribution is -0.158. The van der Waals surface area contributed by atoms with Crippen molar-refractivity contribution in [3.63, 3.8) is 0 Å². The molecule has 10 nitrogen and oxygen atoms in total. The van der Waals surface area contributed by atoms with Crippen LogP contribution in [0.2, 0.25) is 0 Å². The second kappa shape index (κ2) is 25.4. The van der Waals surface area contributed by atoms with Crippen molar-refractivity contribution in [1.82, 2.24) is 10.6 Å². The largest absolute Gasteiger partial charge is 0.460 e. The summed E-state index contributed by atoms with van der Waals surface area (Å²) in [6, 6.07) is 19.0. The van der Waals surface area contributed by atoms with Crippen LogP contribution < -0.4 is 10.6 Å². The fourth-order valence-corrected chi connectivity index (χ4v) is 3.70. The van der Waals surface area contributed by atoms with E-state index in [1.165, 1.54) is 7.11 Å². The van der Waals surface area contributed by atoms with Crippen molar-refractivity contribution >= 4 is 85.0 Å². The number of rotatable bonds is 13. The van der Waals surface area contributed by atoms with Crippen molar-refractivity contribution in [3.05, 3.63) is 71.8 Å². The first kappa shape index (κ1) is 46.5. The summed E-state index contributed by atoms with van der Waals surface area (Å²) >= 11 is 4.24. The predicted molar refractivity (Wildman–Crippen MR) is 207 cm³/mol. The van der Waals surface area contributed by atoms with Crippen LogP contribution in [0.15, 0.2) is 60.7 Å². The highest BCUT2D eigenvalue weighted by Crippen LogP contribution is 2.14. The standard InChI is InChI=1S/C17H25NO4.C16H23NO4.I2.HI/c1-17(2,3)22-15(19)10-14(12-21-4)16(20)18-11-13-8-6-5-7-9-13;1-16(2,3)21-14(19)9-13(11-18)15(20)17-10-12-7-5-4-6-8-12;1-2;/h5-9,14H,10-12H2,1-4H3,(H,18,20);4-8,13,18H,9-11H2,1-3H3,(H,17,20);;1H/t14-;13-;;/m11../s1. The zero-order valence-corrected chi connectivity index (χ0v) is 34.3. The summed E-state index contributed by atoms with van der Waals surface area (Å²) in [5.74, 6) is -2.79. The number of carbonyl (C=O) groups is 4. The highest BCUT2D eigenvalue weighted by Gasteiger charge is 2.26. The minimum atomic E-state index is -0.788. The molecule has 0 bridgehead atoms. The molecular formula is C33H49I3N2O8. The third-order valence-electron chi connectivity index (χ3n) is 5.62. The zero-order valence-electron chi connectivity index (χ0n) is 27.6. The Morgan fingerprint density at radius 1 is 0.696 bits per heavy atom. The van der Waals surface area contributed by atoms with Gasteiger partial charge >= 0.3 is 11.9 Å². The molecule has 0 aliphatic rings. The van der Waals surface area contributed by atoms with E-state index in [-0.39, 0.29) is 61.8 Å². The molecule has 260 valence electrons. The Labute approximate surface area is 314 Å². The van der Waals surface area contributed by atoms with Gasteiger partial charge < -0.3 is 30.0 Å². The maximum absolute atomic E-state index is 12.2. The van der Waals surface area contributed by atoms with E-state index in [0.29, 0.717) is 13.1 Å². The molecule has 3 N–H and O–H groups in total.